The van der Waals surface area contributed by atoms with Gasteiger partial charge >= 0.3 is 0 Å². The van der Waals surface area contributed by atoms with Gasteiger partial charge in [0.2, 0.25) is 0 Å². The Kier molecular flexibility index (Phi) is 4.99. The van der Waals surface area contributed by atoms with Crippen molar-refractivity contribution < 1.29 is 9.18 Å². The molecule has 0 radical (unpaired) electrons. The summed E-state index contributed by atoms with van der Waals surface area (Å²) in [6.45, 7) is 0.298. The van der Waals surface area contributed by atoms with Gasteiger partial charge in [-0.1, -0.05) is 30.3 Å². The van der Waals surface area contributed by atoms with Crippen LogP contribution >= 0.6 is 0 Å². The largest absolute Gasteiger partial charge is 0.347 e. The van der Waals surface area contributed by atoms with Crippen LogP contribution in [-0.4, -0.2) is 22.9 Å². The maximum Gasteiger partial charge on any atom is 0.271 e. The van der Waals surface area contributed by atoms with Gasteiger partial charge in [-0.2, -0.15) is 0 Å². The highest BCUT2D eigenvalue weighted by atomic mass is 19.1. The topological polar surface area (TPSA) is 58.1 Å². The van der Waals surface area contributed by atoms with Gasteiger partial charge in [0.05, 0.1) is 12.4 Å². The van der Waals surface area contributed by atoms with Crippen LogP contribution in [0.15, 0.2) is 67.0 Å². The maximum absolute atomic E-state index is 12.9. The molecule has 0 spiro atoms. The SMILES string of the molecule is CN(c1ccccc1)c1cnc(C(=O)NCc2ccc(F)cc2)cn1. The monoisotopic (exact) mass is 336 g/mol. The average Bonchev–Trinajstić information content (AvgIpc) is 2.67. The zero-order valence-corrected chi connectivity index (χ0v) is 13.7. The lowest BCUT2D eigenvalue weighted by molar-refractivity contribution is 0.0945. The Balaban J connectivity index is 1.63. The second-order valence-corrected chi connectivity index (χ2v) is 5.46. The molecule has 0 bridgehead atoms. The van der Waals surface area contributed by atoms with E-state index in [1.54, 1.807) is 18.3 Å². The fourth-order valence-electron chi connectivity index (χ4n) is 2.27. The van der Waals surface area contributed by atoms with Crippen LogP contribution in [-0.2, 0) is 6.54 Å². The second-order valence-electron chi connectivity index (χ2n) is 5.46. The number of carbonyl (C=O) groups excluding carboxylic acids is 1. The third-order valence-electron chi connectivity index (χ3n) is 3.72. The van der Waals surface area contributed by atoms with Gasteiger partial charge in [0.25, 0.3) is 5.91 Å². The molecule has 1 N–H and O–H groups in total. The van der Waals surface area contributed by atoms with Crippen molar-refractivity contribution in [2.45, 2.75) is 6.54 Å². The number of amides is 1. The van der Waals surface area contributed by atoms with Crippen molar-refractivity contribution >= 4 is 17.4 Å². The molecule has 2 aromatic carbocycles. The summed E-state index contributed by atoms with van der Waals surface area (Å²) in [5.41, 5.74) is 2.01. The third kappa shape index (κ3) is 4.17. The molecule has 0 atom stereocenters. The Morgan fingerprint density at radius 2 is 1.76 bits per heavy atom. The van der Waals surface area contributed by atoms with E-state index >= 15 is 0 Å². The molecular weight excluding hydrogens is 319 g/mol. The van der Waals surface area contributed by atoms with Gasteiger partial charge in [0, 0.05) is 19.3 Å². The van der Waals surface area contributed by atoms with Gasteiger partial charge in [0.1, 0.15) is 11.5 Å². The Morgan fingerprint density at radius 3 is 2.40 bits per heavy atom. The first-order valence-electron chi connectivity index (χ1n) is 7.77. The molecule has 3 aromatic rings. The van der Waals surface area contributed by atoms with Crippen LogP contribution in [0.3, 0.4) is 0 Å². The highest BCUT2D eigenvalue weighted by Crippen LogP contribution is 2.19. The number of nitrogens with zero attached hydrogens (tertiary/aromatic N) is 3. The minimum Gasteiger partial charge on any atom is -0.347 e. The average molecular weight is 336 g/mol. The van der Waals surface area contributed by atoms with E-state index in [1.165, 1.54) is 18.3 Å². The maximum atomic E-state index is 12.9. The molecule has 0 fully saturated rings. The zero-order chi connectivity index (χ0) is 17.6. The van der Waals surface area contributed by atoms with Crippen LogP contribution in [0.4, 0.5) is 15.9 Å². The number of hydrogen-bond donors (Lipinski definition) is 1. The van der Waals surface area contributed by atoms with Gasteiger partial charge in [-0.25, -0.2) is 14.4 Å². The molecule has 0 aliphatic carbocycles. The number of benzene rings is 2. The predicted molar refractivity (Wildman–Crippen MR) is 94.1 cm³/mol. The molecule has 1 heterocycles. The van der Waals surface area contributed by atoms with E-state index in [0.717, 1.165) is 11.3 Å². The van der Waals surface area contributed by atoms with Crippen molar-refractivity contribution in [1.29, 1.82) is 0 Å². The summed E-state index contributed by atoms with van der Waals surface area (Å²) >= 11 is 0. The standard InChI is InChI=1S/C19H17FN4O/c1-24(16-5-3-2-4-6-16)18-13-21-17(12-22-18)19(25)23-11-14-7-9-15(20)10-8-14/h2-10,12-13H,11H2,1H3,(H,23,25). The fraction of sp³-hybridized carbons (Fsp3) is 0.105. The molecule has 0 saturated carbocycles. The Morgan fingerprint density at radius 1 is 1.04 bits per heavy atom. The van der Waals surface area contributed by atoms with Crippen molar-refractivity contribution in [1.82, 2.24) is 15.3 Å². The van der Waals surface area contributed by atoms with E-state index in [0.29, 0.717) is 12.4 Å². The number of rotatable bonds is 5. The summed E-state index contributed by atoms with van der Waals surface area (Å²) in [4.78, 5) is 22.5. The number of hydrogen-bond acceptors (Lipinski definition) is 4. The lowest BCUT2D eigenvalue weighted by Gasteiger charge is -2.17. The van der Waals surface area contributed by atoms with Crippen LogP contribution in [0.25, 0.3) is 0 Å². The van der Waals surface area contributed by atoms with Crippen LogP contribution in [0.1, 0.15) is 16.1 Å². The molecule has 3 rings (SSSR count). The van der Waals surface area contributed by atoms with Crippen molar-refractivity contribution in [3.63, 3.8) is 0 Å². The van der Waals surface area contributed by atoms with E-state index < -0.39 is 0 Å². The molecule has 0 unspecified atom stereocenters. The molecule has 0 aliphatic rings. The van der Waals surface area contributed by atoms with E-state index in [-0.39, 0.29) is 17.4 Å². The zero-order valence-electron chi connectivity index (χ0n) is 13.7. The highest BCUT2D eigenvalue weighted by Gasteiger charge is 2.10. The van der Waals surface area contributed by atoms with Gasteiger partial charge in [-0.3, -0.25) is 4.79 Å². The van der Waals surface area contributed by atoms with E-state index in [2.05, 4.69) is 15.3 Å². The number of halogens is 1. The van der Waals surface area contributed by atoms with Gasteiger partial charge < -0.3 is 10.2 Å². The molecule has 0 aliphatic heterocycles. The molecule has 1 amide bonds. The summed E-state index contributed by atoms with van der Waals surface area (Å²) in [5, 5.41) is 2.74. The van der Waals surface area contributed by atoms with Crippen LogP contribution < -0.4 is 10.2 Å². The molecule has 0 saturated heterocycles. The summed E-state index contributed by atoms with van der Waals surface area (Å²) < 4.78 is 12.9. The quantitative estimate of drug-likeness (QED) is 0.776. The van der Waals surface area contributed by atoms with Crippen LogP contribution in [0.2, 0.25) is 0 Å². The fourth-order valence-corrected chi connectivity index (χ4v) is 2.27. The number of para-hydroxylation sites is 1. The molecule has 5 nitrogen and oxygen atoms in total. The first-order valence-corrected chi connectivity index (χ1v) is 7.77. The Labute approximate surface area is 145 Å². The minimum atomic E-state index is -0.328. The first kappa shape index (κ1) is 16.6. The van der Waals surface area contributed by atoms with Gasteiger partial charge in [0.15, 0.2) is 5.82 Å². The smallest absolute Gasteiger partial charge is 0.271 e. The van der Waals surface area contributed by atoms with Crippen molar-refractivity contribution in [3.8, 4) is 0 Å². The van der Waals surface area contributed by atoms with Crippen molar-refractivity contribution in [2.24, 2.45) is 0 Å². The first-order chi connectivity index (χ1) is 12.1. The number of nitrogens with one attached hydrogen (secondary N) is 1. The summed E-state index contributed by atoms with van der Waals surface area (Å²) in [7, 11) is 1.88. The summed E-state index contributed by atoms with van der Waals surface area (Å²) in [5.74, 6) is 0.00564. The summed E-state index contributed by atoms with van der Waals surface area (Å²) in [6, 6.07) is 15.7. The van der Waals surface area contributed by atoms with Crippen molar-refractivity contribution in [2.75, 3.05) is 11.9 Å². The highest BCUT2D eigenvalue weighted by molar-refractivity contribution is 5.92. The molecule has 1 aromatic heterocycles. The predicted octanol–water partition coefficient (Wildman–Crippen LogP) is 3.31. The van der Waals surface area contributed by atoms with Gasteiger partial charge in [-0.15, -0.1) is 0 Å². The Bertz CT molecular complexity index is 836. The summed E-state index contributed by atoms with van der Waals surface area (Å²) in [6.07, 6.45) is 2.99. The lowest BCUT2D eigenvalue weighted by Crippen LogP contribution is -2.24. The molecule has 25 heavy (non-hydrogen) atoms. The molecule has 6 heteroatoms. The van der Waals surface area contributed by atoms with Gasteiger partial charge in [-0.05, 0) is 29.8 Å². The van der Waals surface area contributed by atoms with Crippen molar-refractivity contribution in [3.05, 3.63) is 84.1 Å². The second kappa shape index (κ2) is 7.53. The number of carbonyl (C=O) groups is 1. The minimum absolute atomic E-state index is 0.229. The number of anilines is 2. The van der Waals surface area contributed by atoms with Crippen LogP contribution in [0.5, 0.6) is 0 Å². The van der Waals surface area contributed by atoms with E-state index in [9.17, 15) is 9.18 Å². The molecular formula is C19H17FN4O. The lowest BCUT2D eigenvalue weighted by atomic mass is 10.2. The Hall–Kier alpha value is -3.28. The number of aromatic nitrogens is 2. The third-order valence-corrected chi connectivity index (χ3v) is 3.72. The van der Waals surface area contributed by atoms with Crippen LogP contribution in [0, 0.1) is 5.82 Å². The normalized spacial score (nSPS) is 10.3. The molecule has 126 valence electrons. The van der Waals surface area contributed by atoms with E-state index in [1.807, 2.05) is 42.3 Å². The van der Waals surface area contributed by atoms with E-state index in [4.69, 9.17) is 0 Å².